The summed E-state index contributed by atoms with van der Waals surface area (Å²) in [5, 5.41) is 8.41. The molecule has 0 saturated carbocycles. The molecule has 0 bridgehead atoms. The summed E-state index contributed by atoms with van der Waals surface area (Å²) >= 11 is 0.138. The van der Waals surface area contributed by atoms with Gasteiger partial charge in [-0.05, 0) is 5.75 Å². The third kappa shape index (κ3) is 7.12. The van der Waals surface area contributed by atoms with Crippen molar-refractivity contribution in [2.45, 2.75) is 65.9 Å². The molecular formula is C18H17F21O3S. The minimum Gasteiger partial charge on any atom is -0.394 e. The Kier molecular flexibility index (Phi) is 12.9. The molecule has 25 heteroatoms. The lowest BCUT2D eigenvalue weighted by Gasteiger charge is -2.44. The Hall–Kier alpha value is -1.24. The third-order valence-electron chi connectivity index (χ3n) is 5.12. The van der Waals surface area contributed by atoms with Crippen molar-refractivity contribution in [3.05, 3.63) is 0 Å². The molecule has 0 aromatic carbocycles. The second-order valence-electron chi connectivity index (χ2n) is 8.11. The average Bonchev–Trinajstić information content (AvgIpc) is 2.83. The molecule has 0 rings (SSSR count). The van der Waals surface area contributed by atoms with Gasteiger partial charge in [-0.2, -0.15) is 104 Å². The fourth-order valence-corrected chi connectivity index (χ4v) is 3.40. The summed E-state index contributed by atoms with van der Waals surface area (Å²) in [6, 6.07) is 0. The van der Waals surface area contributed by atoms with E-state index in [1.54, 1.807) is 0 Å². The molecule has 0 aliphatic rings. The second kappa shape index (κ2) is 13.2. The van der Waals surface area contributed by atoms with Crippen LogP contribution in [0.25, 0.3) is 0 Å². The first kappa shape index (κ1) is 41.8. The fraction of sp³-hybridized carbons (Fsp3) is 1.00. The first-order valence-electron chi connectivity index (χ1n) is 10.6. The molecule has 260 valence electrons. The van der Waals surface area contributed by atoms with Crippen LogP contribution in [0.5, 0.6) is 0 Å². The van der Waals surface area contributed by atoms with Crippen LogP contribution in [-0.4, -0.2) is 109 Å². The summed E-state index contributed by atoms with van der Waals surface area (Å²) in [4.78, 5) is 0. The van der Waals surface area contributed by atoms with Crippen molar-refractivity contribution in [2.75, 3.05) is 44.5 Å². The molecule has 0 atom stereocenters. The molecule has 0 fully saturated rings. The van der Waals surface area contributed by atoms with Gasteiger partial charge in [0.2, 0.25) is 0 Å². The lowest BCUT2D eigenvalue weighted by Crippen LogP contribution is -2.76. The maximum absolute atomic E-state index is 13.8. The topological polar surface area (TPSA) is 38.7 Å². The molecule has 0 aromatic rings. The summed E-state index contributed by atoms with van der Waals surface area (Å²) in [5.41, 5.74) is 0. The number of hydrogen-bond acceptors (Lipinski definition) is 4. The van der Waals surface area contributed by atoms with Gasteiger partial charge in [0, 0.05) is 12.2 Å². The Balaban J connectivity index is 6.08. The monoisotopic (exact) mass is 712 g/mol. The Morgan fingerprint density at radius 3 is 1.07 bits per heavy atom. The molecule has 43 heavy (non-hydrogen) atoms. The van der Waals surface area contributed by atoms with Gasteiger partial charge in [-0.1, -0.05) is 0 Å². The van der Waals surface area contributed by atoms with Crippen LogP contribution in [0, 0.1) is 0 Å². The molecular weight excluding hydrogens is 695 g/mol. The number of aliphatic hydroxyl groups excluding tert-OH is 1. The number of hydrogen-bond donors (Lipinski definition) is 1. The first-order chi connectivity index (χ1) is 18.8. The number of alkyl halides is 21. The largest absolute Gasteiger partial charge is 0.460 e. The van der Waals surface area contributed by atoms with Crippen molar-refractivity contribution >= 4 is 11.8 Å². The summed E-state index contributed by atoms with van der Waals surface area (Å²) in [6.45, 7) is -1.18. The highest BCUT2D eigenvalue weighted by Gasteiger charge is 2.97. The van der Waals surface area contributed by atoms with Gasteiger partial charge >= 0.3 is 59.5 Å². The third-order valence-corrected chi connectivity index (χ3v) is 6.06. The number of halogens is 21. The van der Waals surface area contributed by atoms with Gasteiger partial charge in [-0.25, -0.2) is 0 Å². The van der Waals surface area contributed by atoms with Crippen LogP contribution in [-0.2, 0) is 9.47 Å². The average molecular weight is 712 g/mol. The van der Waals surface area contributed by atoms with E-state index in [9.17, 15) is 92.2 Å². The van der Waals surface area contributed by atoms with Crippen LogP contribution < -0.4 is 0 Å². The molecule has 0 aromatic heterocycles. The van der Waals surface area contributed by atoms with Crippen LogP contribution in [0.15, 0.2) is 0 Å². The molecule has 1 N–H and O–H groups in total. The minimum atomic E-state index is -9.17. The van der Waals surface area contributed by atoms with Gasteiger partial charge in [0.05, 0.1) is 33.0 Å². The fourth-order valence-electron chi connectivity index (χ4n) is 2.55. The number of aliphatic hydroxyl groups is 1. The predicted octanol–water partition coefficient (Wildman–Crippen LogP) is 7.42. The molecule has 0 spiro atoms. The van der Waals surface area contributed by atoms with Gasteiger partial charge in [0.1, 0.15) is 0 Å². The summed E-state index contributed by atoms with van der Waals surface area (Å²) < 4.78 is 289. The lowest BCUT2D eigenvalue weighted by molar-refractivity contribution is -0.474. The number of thioether (sulfide) groups is 1. The highest BCUT2D eigenvalue weighted by molar-refractivity contribution is 7.99. The van der Waals surface area contributed by atoms with Crippen LogP contribution in [0.2, 0.25) is 0 Å². The minimum absolute atomic E-state index is 0.114. The predicted molar refractivity (Wildman–Crippen MR) is 101 cm³/mol. The number of rotatable bonds is 19. The highest BCUT2D eigenvalue weighted by Crippen LogP contribution is 2.66. The molecule has 0 saturated heterocycles. The quantitative estimate of drug-likeness (QED) is 0.112. The molecule has 0 unspecified atom stereocenters. The van der Waals surface area contributed by atoms with Crippen LogP contribution in [0.4, 0.5) is 92.2 Å². The smallest absolute Gasteiger partial charge is 0.394 e. The van der Waals surface area contributed by atoms with Gasteiger partial charge in [-0.3, -0.25) is 0 Å². The molecule has 0 amide bonds. The molecule has 3 nitrogen and oxygen atoms in total. The van der Waals surface area contributed by atoms with E-state index < -0.39 is 84.0 Å². The van der Waals surface area contributed by atoms with Gasteiger partial charge in [0.15, 0.2) is 0 Å². The van der Waals surface area contributed by atoms with E-state index in [4.69, 9.17) is 14.6 Å². The van der Waals surface area contributed by atoms with E-state index in [1.165, 1.54) is 0 Å². The first-order valence-corrected chi connectivity index (χ1v) is 11.8. The maximum Gasteiger partial charge on any atom is 0.460 e. The van der Waals surface area contributed by atoms with E-state index in [1.807, 2.05) is 0 Å². The van der Waals surface area contributed by atoms with Crippen LogP contribution in [0.3, 0.4) is 0 Å². The summed E-state index contributed by atoms with van der Waals surface area (Å²) in [6.07, 6.45) is -10.7. The van der Waals surface area contributed by atoms with E-state index in [2.05, 4.69) is 0 Å². The van der Waals surface area contributed by atoms with Crippen molar-refractivity contribution < 1.29 is 107 Å². The Labute approximate surface area is 230 Å². The molecule has 0 heterocycles. The Morgan fingerprint density at radius 2 is 0.721 bits per heavy atom. The van der Waals surface area contributed by atoms with Gasteiger partial charge < -0.3 is 14.6 Å². The van der Waals surface area contributed by atoms with E-state index in [-0.39, 0.29) is 38.2 Å². The van der Waals surface area contributed by atoms with E-state index in [0.717, 1.165) is 0 Å². The second-order valence-corrected chi connectivity index (χ2v) is 9.33. The van der Waals surface area contributed by atoms with Crippen LogP contribution in [0.1, 0.15) is 6.42 Å². The lowest BCUT2D eigenvalue weighted by atomic mass is 9.86. The zero-order valence-electron chi connectivity index (χ0n) is 20.3. The highest BCUT2D eigenvalue weighted by atomic mass is 32.2. The zero-order valence-corrected chi connectivity index (χ0v) is 21.1. The zero-order chi connectivity index (χ0) is 34.8. The van der Waals surface area contributed by atoms with Crippen molar-refractivity contribution in [3.63, 3.8) is 0 Å². The molecule has 0 aliphatic heterocycles. The number of ether oxygens (including phenoxy) is 2. The van der Waals surface area contributed by atoms with Crippen molar-refractivity contribution in [3.8, 4) is 0 Å². The Bertz CT molecular complexity index is 889. The molecule has 0 aliphatic carbocycles. The standard InChI is InChI=1S/C18H17F21O3S/c19-9(20,1-7-43-8-6-42-5-4-41-3-2-40)10(21,22)11(23,24)12(25,26)13(27,28)14(29,30)15(31,32)16(33,34)17(35,36)18(37,38)39/h40H,1-8H2. The normalized spacial score (nSPS) is 15.8. The van der Waals surface area contributed by atoms with E-state index >= 15 is 0 Å². The molecule has 0 radical (unpaired) electrons. The summed E-state index contributed by atoms with van der Waals surface area (Å²) in [5.74, 6) is -78.6. The maximum atomic E-state index is 13.8. The SMILES string of the molecule is OCCOCCOCCSCCC(F)(F)C(F)(F)C(F)(F)C(F)(F)C(F)(F)C(F)(F)C(F)(F)C(F)(F)C(F)(F)C(F)(F)F. The van der Waals surface area contributed by atoms with Gasteiger partial charge in [-0.15, -0.1) is 0 Å². The van der Waals surface area contributed by atoms with Crippen molar-refractivity contribution in [1.82, 2.24) is 0 Å². The van der Waals surface area contributed by atoms with Crippen molar-refractivity contribution in [1.29, 1.82) is 0 Å². The van der Waals surface area contributed by atoms with E-state index in [0.29, 0.717) is 0 Å². The van der Waals surface area contributed by atoms with Gasteiger partial charge in [0.25, 0.3) is 0 Å². The Morgan fingerprint density at radius 1 is 0.395 bits per heavy atom. The summed E-state index contributed by atoms with van der Waals surface area (Å²) in [7, 11) is 0. The van der Waals surface area contributed by atoms with Crippen LogP contribution >= 0.6 is 11.8 Å². The van der Waals surface area contributed by atoms with Crippen molar-refractivity contribution in [2.24, 2.45) is 0 Å².